The van der Waals surface area contributed by atoms with Crippen molar-refractivity contribution in [1.82, 2.24) is 9.80 Å². The van der Waals surface area contributed by atoms with E-state index < -0.39 is 23.6 Å². The molecule has 7 rings (SSSR count). The molecule has 45 heavy (non-hydrogen) atoms. The van der Waals surface area contributed by atoms with E-state index in [1.165, 1.54) is 46.1 Å². The van der Waals surface area contributed by atoms with Crippen LogP contribution in [0, 0.1) is 17.9 Å². The van der Waals surface area contributed by atoms with Gasteiger partial charge in [0.2, 0.25) is 0 Å². The molecule has 0 radical (unpaired) electrons. The highest BCUT2D eigenvalue weighted by Gasteiger charge is 2.48. The molecule has 5 heterocycles. The molecular formula is C34H26N4O4S3. The van der Waals surface area contributed by atoms with Crippen LogP contribution in [0.5, 0.6) is 0 Å². The minimum Gasteiger partial charge on any atom is -0.287 e. The van der Waals surface area contributed by atoms with E-state index in [9.17, 15) is 24.4 Å². The van der Waals surface area contributed by atoms with Crippen molar-refractivity contribution in [3.8, 4) is 15.8 Å². The third-order valence-electron chi connectivity index (χ3n) is 9.47. The number of carbonyl (C=O) groups excluding carboxylic acids is 4. The van der Waals surface area contributed by atoms with Crippen LogP contribution in [0.2, 0.25) is 0 Å². The molecule has 0 saturated heterocycles. The number of nitrogens with zero attached hydrogens (tertiary/aromatic N) is 4. The highest BCUT2D eigenvalue weighted by molar-refractivity contribution is 7.32. The van der Waals surface area contributed by atoms with Crippen molar-refractivity contribution in [3.05, 3.63) is 78.0 Å². The molecule has 4 aliphatic rings. The molecule has 1 fully saturated rings. The lowest BCUT2D eigenvalue weighted by Crippen LogP contribution is -2.39. The van der Waals surface area contributed by atoms with Crippen molar-refractivity contribution in [3.63, 3.8) is 0 Å². The molecule has 2 aliphatic carbocycles. The van der Waals surface area contributed by atoms with Gasteiger partial charge in [0.25, 0.3) is 29.3 Å². The topological polar surface area (TPSA) is 103 Å². The third-order valence-corrected chi connectivity index (χ3v) is 13.1. The Morgan fingerprint density at radius 2 is 1.47 bits per heavy atom. The van der Waals surface area contributed by atoms with Crippen LogP contribution in [0.4, 0.5) is 0 Å². The maximum absolute atomic E-state index is 13.1. The summed E-state index contributed by atoms with van der Waals surface area (Å²) in [5.74, 6) is -1.95. The number of thiophene rings is 3. The molecule has 0 atom stereocenters. The molecule has 8 nitrogen and oxygen atoms in total. The van der Waals surface area contributed by atoms with Crippen LogP contribution in [0.25, 0.3) is 36.2 Å². The van der Waals surface area contributed by atoms with Gasteiger partial charge in [-0.15, -0.1) is 34.0 Å². The molecule has 3 aromatic heterocycles. The smallest absolute Gasteiger partial charge is 0.271 e. The van der Waals surface area contributed by atoms with E-state index in [1.807, 2.05) is 12.1 Å². The van der Waals surface area contributed by atoms with Gasteiger partial charge in [-0.05, 0) is 67.7 Å². The lowest BCUT2D eigenvalue weighted by atomic mass is 9.68. The van der Waals surface area contributed by atoms with E-state index in [0.29, 0.717) is 22.3 Å². The standard InChI is InChI=1S/C34H26N4O4S3/c1-16-20(30(39)37(4)32(41)22(16)15-35)12-19-14-24-28(44-19)25-29(45-24)27-23(34(25)9-7-6-8-10-34)13-18(43-27)11-21-17(2)26(36-3)33(42)38(5)31(21)40/h11-14H,6-10H2,1-2,4-5H3/b20-12+,21-11+. The third kappa shape index (κ3) is 4.04. The van der Waals surface area contributed by atoms with Gasteiger partial charge in [-0.3, -0.25) is 29.0 Å². The number of likely N-dealkylation sites (N-methyl/N-ethyl adjacent to an activating group) is 2. The Hall–Kier alpha value is -4.42. The SMILES string of the molecule is [C-]#[N+]C1=C(C)/C(=C\c2cc3c(s2)-c2sc4cc(/C=C5/C(=O)N(C)C(=O)C(C#N)=C5C)sc4c2C32CCCCC2)C(=O)N(C)C1=O. The maximum Gasteiger partial charge on any atom is 0.271 e. The number of amides is 4. The fraction of sp³-hybridized carbons (Fsp3) is 0.294. The van der Waals surface area contributed by atoms with Gasteiger partial charge in [0.05, 0.1) is 16.1 Å². The highest BCUT2D eigenvalue weighted by atomic mass is 32.1. The van der Waals surface area contributed by atoms with Crippen LogP contribution < -0.4 is 0 Å². The molecular weight excluding hydrogens is 625 g/mol. The first-order valence-corrected chi connectivity index (χ1v) is 17.0. The minimum absolute atomic E-state index is 0.0110. The van der Waals surface area contributed by atoms with Crippen LogP contribution in [-0.2, 0) is 24.6 Å². The largest absolute Gasteiger partial charge is 0.287 e. The number of carbonyl (C=O) groups is 4. The number of hydrogen-bond donors (Lipinski definition) is 0. The molecule has 1 saturated carbocycles. The minimum atomic E-state index is -0.575. The number of fused-ring (bicyclic) bond motifs is 7. The average Bonchev–Trinajstić information content (AvgIpc) is 3.76. The van der Waals surface area contributed by atoms with E-state index in [-0.39, 0.29) is 16.7 Å². The lowest BCUT2D eigenvalue weighted by molar-refractivity contribution is -0.140. The van der Waals surface area contributed by atoms with E-state index >= 15 is 0 Å². The maximum atomic E-state index is 13.1. The fourth-order valence-electron chi connectivity index (χ4n) is 7.05. The second-order valence-electron chi connectivity index (χ2n) is 11.8. The van der Waals surface area contributed by atoms with E-state index in [4.69, 9.17) is 6.57 Å². The van der Waals surface area contributed by atoms with Gasteiger partial charge < -0.3 is 0 Å². The first-order chi connectivity index (χ1) is 21.5. The summed E-state index contributed by atoms with van der Waals surface area (Å²) in [5, 5.41) is 9.56. The van der Waals surface area contributed by atoms with Crippen molar-refractivity contribution in [1.29, 1.82) is 5.26 Å². The zero-order chi connectivity index (χ0) is 31.9. The van der Waals surface area contributed by atoms with Gasteiger partial charge in [0.15, 0.2) is 0 Å². The zero-order valence-electron chi connectivity index (χ0n) is 25.0. The number of rotatable bonds is 2. The number of nitriles is 1. The highest BCUT2D eigenvalue weighted by Crippen LogP contribution is 2.63. The fourth-order valence-corrected chi connectivity index (χ4v) is 11.2. The van der Waals surface area contributed by atoms with Crippen molar-refractivity contribution in [2.45, 2.75) is 51.4 Å². The van der Waals surface area contributed by atoms with Crippen molar-refractivity contribution >= 4 is 79.2 Å². The first-order valence-electron chi connectivity index (χ1n) is 14.5. The molecule has 0 unspecified atom stereocenters. The summed E-state index contributed by atoms with van der Waals surface area (Å²) in [6.45, 7) is 10.8. The van der Waals surface area contributed by atoms with Crippen LogP contribution in [0.3, 0.4) is 0 Å². The average molecular weight is 651 g/mol. The normalized spacial score (nSPS) is 21.5. The van der Waals surface area contributed by atoms with Gasteiger partial charge in [0.1, 0.15) is 11.6 Å². The Morgan fingerprint density at radius 1 is 0.844 bits per heavy atom. The van der Waals surface area contributed by atoms with Gasteiger partial charge in [-0.25, -0.2) is 4.85 Å². The first kappa shape index (κ1) is 29.3. The monoisotopic (exact) mass is 650 g/mol. The predicted octanol–water partition coefficient (Wildman–Crippen LogP) is 7.05. The van der Waals surface area contributed by atoms with E-state index in [0.717, 1.165) is 49.9 Å². The molecule has 4 amide bonds. The zero-order valence-corrected chi connectivity index (χ0v) is 27.4. The van der Waals surface area contributed by atoms with Crippen LogP contribution in [0.15, 0.2) is 45.7 Å². The summed E-state index contributed by atoms with van der Waals surface area (Å²) >= 11 is 5.03. The number of imide groups is 2. The molecule has 224 valence electrons. The summed E-state index contributed by atoms with van der Waals surface area (Å²) in [4.78, 5) is 60.8. The van der Waals surface area contributed by atoms with Crippen LogP contribution in [0.1, 0.15) is 66.8 Å². The van der Waals surface area contributed by atoms with Crippen LogP contribution in [-0.4, -0.2) is 47.5 Å². The second-order valence-corrected chi connectivity index (χ2v) is 15.1. The Bertz CT molecular complexity index is 2150. The van der Waals surface area contributed by atoms with Gasteiger partial charge in [-0.1, -0.05) is 19.3 Å². The Morgan fingerprint density at radius 3 is 2.11 bits per heavy atom. The second kappa shape index (κ2) is 10.3. The summed E-state index contributed by atoms with van der Waals surface area (Å²) in [5.41, 5.74) is 4.02. The van der Waals surface area contributed by atoms with Crippen molar-refractivity contribution < 1.29 is 19.2 Å². The quantitative estimate of drug-likeness (QED) is 0.168. The molecule has 1 spiro atoms. The van der Waals surface area contributed by atoms with E-state index in [1.54, 1.807) is 53.9 Å². The van der Waals surface area contributed by atoms with Crippen LogP contribution >= 0.6 is 34.0 Å². The molecule has 2 aliphatic heterocycles. The van der Waals surface area contributed by atoms with Crippen molar-refractivity contribution in [2.75, 3.05) is 14.1 Å². The molecule has 3 aromatic rings. The molecule has 11 heteroatoms. The molecule has 0 N–H and O–H groups in total. The molecule has 0 bridgehead atoms. The van der Waals surface area contributed by atoms with Gasteiger partial charge in [0, 0.05) is 55.6 Å². The molecule has 0 aromatic carbocycles. The van der Waals surface area contributed by atoms with Gasteiger partial charge in [-0.2, -0.15) is 5.26 Å². The number of hydrogen-bond acceptors (Lipinski definition) is 8. The van der Waals surface area contributed by atoms with Gasteiger partial charge >= 0.3 is 0 Å². The lowest BCUT2D eigenvalue weighted by Gasteiger charge is -2.35. The predicted molar refractivity (Wildman–Crippen MR) is 176 cm³/mol. The Balaban J connectivity index is 1.36. The Kier molecular flexibility index (Phi) is 6.71. The van der Waals surface area contributed by atoms with E-state index in [2.05, 4.69) is 17.0 Å². The van der Waals surface area contributed by atoms with Crippen molar-refractivity contribution in [2.24, 2.45) is 0 Å². The summed E-state index contributed by atoms with van der Waals surface area (Å²) in [6, 6.07) is 6.26. The summed E-state index contributed by atoms with van der Waals surface area (Å²) in [6.07, 6.45) is 9.09. The summed E-state index contributed by atoms with van der Waals surface area (Å²) in [7, 11) is 2.82. The Labute approximate surface area is 271 Å². The summed E-state index contributed by atoms with van der Waals surface area (Å²) < 4.78 is 2.35.